The van der Waals surface area contributed by atoms with E-state index in [1.165, 1.54) is 0 Å². The minimum Gasteiger partial charge on any atom is -0.392 e. The highest BCUT2D eigenvalue weighted by molar-refractivity contribution is 9.10. The predicted molar refractivity (Wildman–Crippen MR) is 74.4 cm³/mol. The molecule has 0 spiro atoms. The average molecular weight is 300 g/mol. The third kappa shape index (κ3) is 4.15. The molecular weight excluding hydrogens is 282 g/mol. The lowest BCUT2D eigenvalue weighted by atomic mass is 10.2. The molecule has 1 rings (SSSR count). The number of hydrogen-bond acceptors (Lipinski definition) is 3. The van der Waals surface area contributed by atoms with Gasteiger partial charge in [-0.15, -0.1) is 6.58 Å². The molecule has 17 heavy (non-hydrogen) atoms. The van der Waals surface area contributed by atoms with E-state index in [-0.39, 0.29) is 6.61 Å². The van der Waals surface area contributed by atoms with E-state index in [9.17, 15) is 0 Å². The molecule has 0 aliphatic rings. The topological polar surface area (TPSA) is 32.7 Å². The largest absolute Gasteiger partial charge is 0.392 e. The molecule has 0 bridgehead atoms. The van der Waals surface area contributed by atoms with E-state index in [1.807, 2.05) is 24.3 Å². The van der Waals surface area contributed by atoms with Gasteiger partial charge in [0.25, 0.3) is 0 Å². The van der Waals surface area contributed by atoms with E-state index in [0.29, 0.717) is 6.61 Å². The number of ether oxygens (including phenoxy) is 1. The summed E-state index contributed by atoms with van der Waals surface area (Å²) in [6.07, 6.45) is 1.86. The second-order valence-corrected chi connectivity index (χ2v) is 4.52. The van der Waals surface area contributed by atoms with Crippen LogP contribution in [0.1, 0.15) is 5.56 Å². The van der Waals surface area contributed by atoms with Crippen LogP contribution in [0.25, 0.3) is 0 Å². The summed E-state index contributed by atoms with van der Waals surface area (Å²) in [5.41, 5.74) is 1.98. The van der Waals surface area contributed by atoms with Gasteiger partial charge in [0.15, 0.2) is 0 Å². The Bertz CT molecular complexity index is 368. The third-order valence-corrected chi connectivity index (χ3v) is 3.23. The Hall–Kier alpha value is -0.840. The van der Waals surface area contributed by atoms with Crippen molar-refractivity contribution in [2.45, 2.75) is 6.61 Å². The molecule has 0 unspecified atom stereocenters. The minimum absolute atomic E-state index is 0.0421. The van der Waals surface area contributed by atoms with Crippen LogP contribution in [-0.2, 0) is 11.3 Å². The molecule has 0 atom stereocenters. The Morgan fingerprint density at radius 2 is 2.29 bits per heavy atom. The molecule has 0 saturated carbocycles. The molecule has 94 valence electrons. The Labute approximate surface area is 111 Å². The monoisotopic (exact) mass is 299 g/mol. The van der Waals surface area contributed by atoms with Gasteiger partial charge in [0.1, 0.15) is 0 Å². The van der Waals surface area contributed by atoms with E-state index in [1.54, 1.807) is 7.11 Å². The first kappa shape index (κ1) is 14.2. The molecule has 1 N–H and O–H groups in total. The second-order valence-electron chi connectivity index (χ2n) is 3.66. The Balaban J connectivity index is 2.85. The van der Waals surface area contributed by atoms with Gasteiger partial charge in [0.2, 0.25) is 0 Å². The number of hydrogen-bond donors (Lipinski definition) is 1. The summed E-state index contributed by atoms with van der Waals surface area (Å²) >= 11 is 3.45. The smallest absolute Gasteiger partial charge is 0.0692 e. The highest BCUT2D eigenvalue weighted by Crippen LogP contribution is 2.24. The van der Waals surface area contributed by atoms with E-state index in [0.717, 1.165) is 28.8 Å². The van der Waals surface area contributed by atoms with Gasteiger partial charge < -0.3 is 14.7 Å². The van der Waals surface area contributed by atoms with Crippen molar-refractivity contribution < 1.29 is 9.84 Å². The van der Waals surface area contributed by atoms with Crippen molar-refractivity contribution in [1.82, 2.24) is 0 Å². The van der Waals surface area contributed by atoms with E-state index in [2.05, 4.69) is 27.4 Å². The summed E-state index contributed by atoms with van der Waals surface area (Å²) in [4.78, 5) is 2.17. The van der Waals surface area contributed by atoms with Crippen molar-refractivity contribution in [2.75, 3.05) is 31.7 Å². The molecule has 0 heterocycles. The van der Waals surface area contributed by atoms with Gasteiger partial charge in [-0.1, -0.05) is 28.1 Å². The molecular formula is C13H18BrNO2. The SMILES string of the molecule is C=CCN(CCOC)c1ccc(CO)c(Br)c1. The highest BCUT2D eigenvalue weighted by atomic mass is 79.9. The molecule has 0 saturated heterocycles. The van der Waals surface area contributed by atoms with Gasteiger partial charge in [-0.25, -0.2) is 0 Å². The molecule has 4 heteroatoms. The zero-order valence-corrected chi connectivity index (χ0v) is 11.6. The van der Waals surface area contributed by atoms with Gasteiger partial charge in [-0.2, -0.15) is 0 Å². The Kier molecular flexibility index (Phi) is 6.26. The summed E-state index contributed by atoms with van der Waals surface area (Å²) in [6, 6.07) is 5.92. The van der Waals surface area contributed by atoms with Gasteiger partial charge in [-0.05, 0) is 17.7 Å². The fraction of sp³-hybridized carbons (Fsp3) is 0.385. The van der Waals surface area contributed by atoms with Crippen LogP contribution in [0, 0.1) is 0 Å². The summed E-state index contributed by atoms with van der Waals surface area (Å²) in [6.45, 7) is 6.06. The van der Waals surface area contributed by atoms with E-state index < -0.39 is 0 Å². The van der Waals surface area contributed by atoms with Gasteiger partial charge >= 0.3 is 0 Å². The summed E-state index contributed by atoms with van der Waals surface area (Å²) in [7, 11) is 1.69. The number of halogens is 1. The number of benzene rings is 1. The molecule has 0 radical (unpaired) electrons. The molecule has 0 fully saturated rings. The molecule has 1 aromatic rings. The minimum atomic E-state index is 0.0421. The molecule has 3 nitrogen and oxygen atoms in total. The molecule has 0 amide bonds. The number of methoxy groups -OCH3 is 1. The molecule has 0 aliphatic heterocycles. The lowest BCUT2D eigenvalue weighted by Crippen LogP contribution is -2.27. The maximum Gasteiger partial charge on any atom is 0.0692 e. The third-order valence-electron chi connectivity index (χ3n) is 2.49. The fourth-order valence-electron chi connectivity index (χ4n) is 1.54. The second kappa shape index (κ2) is 7.48. The first-order valence-electron chi connectivity index (χ1n) is 5.47. The lowest BCUT2D eigenvalue weighted by molar-refractivity contribution is 0.206. The standard InChI is InChI=1S/C13H18BrNO2/c1-3-6-15(7-8-17-2)12-5-4-11(10-16)13(14)9-12/h3-5,9,16H,1,6-8,10H2,2H3. The predicted octanol–water partition coefficient (Wildman–Crippen LogP) is 2.58. The van der Waals surface area contributed by atoms with Gasteiger partial charge in [0.05, 0.1) is 13.2 Å². The zero-order chi connectivity index (χ0) is 12.7. The number of rotatable bonds is 7. The summed E-state index contributed by atoms with van der Waals surface area (Å²) in [5, 5.41) is 9.11. The Morgan fingerprint density at radius 1 is 1.53 bits per heavy atom. The number of aliphatic hydroxyl groups excluding tert-OH is 1. The van der Waals surface area contributed by atoms with Crippen LogP contribution in [-0.4, -0.2) is 31.9 Å². The number of anilines is 1. The quantitative estimate of drug-likeness (QED) is 0.786. The van der Waals surface area contributed by atoms with Crippen molar-refractivity contribution in [1.29, 1.82) is 0 Å². The van der Waals surface area contributed by atoms with Crippen LogP contribution in [0.4, 0.5) is 5.69 Å². The van der Waals surface area contributed by atoms with Crippen molar-refractivity contribution >= 4 is 21.6 Å². The number of nitrogens with zero attached hydrogens (tertiary/aromatic N) is 1. The normalized spacial score (nSPS) is 10.3. The first-order valence-corrected chi connectivity index (χ1v) is 6.26. The lowest BCUT2D eigenvalue weighted by Gasteiger charge is -2.23. The van der Waals surface area contributed by atoms with Gasteiger partial charge in [0, 0.05) is 30.4 Å². The van der Waals surface area contributed by atoms with E-state index in [4.69, 9.17) is 9.84 Å². The van der Waals surface area contributed by atoms with Crippen LogP contribution in [0.5, 0.6) is 0 Å². The molecule has 0 aliphatic carbocycles. The Morgan fingerprint density at radius 3 is 2.82 bits per heavy atom. The maximum atomic E-state index is 9.11. The van der Waals surface area contributed by atoms with Crippen molar-refractivity contribution in [3.8, 4) is 0 Å². The number of aliphatic hydroxyl groups is 1. The van der Waals surface area contributed by atoms with Crippen LogP contribution >= 0.6 is 15.9 Å². The van der Waals surface area contributed by atoms with Crippen molar-refractivity contribution in [2.24, 2.45) is 0 Å². The zero-order valence-electron chi connectivity index (χ0n) is 10.0. The van der Waals surface area contributed by atoms with Crippen molar-refractivity contribution in [3.63, 3.8) is 0 Å². The van der Waals surface area contributed by atoms with Crippen LogP contribution in [0.15, 0.2) is 35.3 Å². The first-order chi connectivity index (χ1) is 8.22. The highest BCUT2D eigenvalue weighted by Gasteiger charge is 2.07. The van der Waals surface area contributed by atoms with Gasteiger partial charge in [-0.3, -0.25) is 0 Å². The van der Waals surface area contributed by atoms with Crippen LogP contribution in [0.3, 0.4) is 0 Å². The van der Waals surface area contributed by atoms with Crippen LogP contribution < -0.4 is 4.90 Å². The van der Waals surface area contributed by atoms with E-state index >= 15 is 0 Å². The van der Waals surface area contributed by atoms with Crippen molar-refractivity contribution in [3.05, 3.63) is 40.9 Å². The van der Waals surface area contributed by atoms with Crippen LogP contribution in [0.2, 0.25) is 0 Å². The molecule has 1 aromatic carbocycles. The maximum absolute atomic E-state index is 9.11. The average Bonchev–Trinajstić information content (AvgIpc) is 2.34. The summed E-state index contributed by atoms with van der Waals surface area (Å²) in [5.74, 6) is 0. The summed E-state index contributed by atoms with van der Waals surface area (Å²) < 4.78 is 6.01. The fourth-order valence-corrected chi connectivity index (χ4v) is 2.04. The molecule has 0 aromatic heterocycles.